The zero-order valence-electron chi connectivity index (χ0n) is 23.9. The van der Waals surface area contributed by atoms with E-state index in [-0.39, 0.29) is 10.8 Å². The quantitative estimate of drug-likeness (QED) is 0.200. The van der Waals surface area contributed by atoms with Crippen LogP contribution in [0.25, 0.3) is 71.7 Å². The molecule has 0 N–H and O–H groups in total. The molecule has 0 saturated heterocycles. The topological polar surface area (TPSA) is 35.1 Å². The van der Waals surface area contributed by atoms with Crippen LogP contribution in [0.4, 0.5) is 0 Å². The summed E-state index contributed by atoms with van der Waals surface area (Å²) in [6, 6.07) is 43.9. The van der Waals surface area contributed by atoms with Gasteiger partial charge in [-0.1, -0.05) is 98.8 Å². The van der Waals surface area contributed by atoms with Gasteiger partial charge in [-0.25, -0.2) is 0 Å². The smallest absolute Gasteiger partial charge is 0.201 e. The van der Waals surface area contributed by atoms with Gasteiger partial charge in [0.05, 0.1) is 27.5 Å². The lowest BCUT2D eigenvalue weighted by molar-refractivity contribution is 0.660. The fourth-order valence-electron chi connectivity index (χ4n) is 7.39. The van der Waals surface area contributed by atoms with Crippen molar-refractivity contribution >= 4 is 43.7 Å². The molecule has 0 atom stereocenters. The van der Waals surface area contributed by atoms with Crippen LogP contribution in [0.3, 0.4) is 0 Å². The molecule has 6 aromatic carbocycles. The number of benzene rings is 6. The molecule has 8 aromatic rings. The molecule has 204 valence electrons. The molecular weight excluding hydrogens is 526 g/mol. The maximum Gasteiger partial charge on any atom is 0.201 e. The van der Waals surface area contributed by atoms with Gasteiger partial charge in [0.1, 0.15) is 11.2 Å². The first-order valence-corrected chi connectivity index (χ1v) is 14.7. The summed E-state index contributed by atoms with van der Waals surface area (Å²) in [7, 11) is 0. The molecule has 0 radical (unpaired) electrons. The van der Waals surface area contributed by atoms with Crippen molar-refractivity contribution in [2.24, 2.45) is 0 Å². The molecule has 2 heterocycles. The van der Waals surface area contributed by atoms with Crippen molar-refractivity contribution in [3.63, 3.8) is 0 Å². The molecule has 0 bridgehead atoms. The van der Waals surface area contributed by atoms with Crippen LogP contribution >= 0.6 is 0 Å². The van der Waals surface area contributed by atoms with Crippen molar-refractivity contribution in [3.8, 4) is 27.9 Å². The van der Waals surface area contributed by atoms with Crippen LogP contribution in [0.15, 0.2) is 137 Å². The van der Waals surface area contributed by atoms with Gasteiger partial charge in [0.2, 0.25) is 5.43 Å². The summed E-state index contributed by atoms with van der Waals surface area (Å²) in [6.45, 7) is 4.64. The Kier molecular flexibility index (Phi) is 4.82. The van der Waals surface area contributed by atoms with Gasteiger partial charge in [-0.15, -0.1) is 0 Å². The molecule has 0 aliphatic heterocycles. The molecular formula is C40H27NO2. The number of nitrogens with zero attached hydrogens (tertiary/aromatic N) is 1. The van der Waals surface area contributed by atoms with Crippen LogP contribution in [-0.2, 0) is 5.41 Å². The number of aromatic nitrogens is 1. The Morgan fingerprint density at radius 3 is 2.16 bits per heavy atom. The first-order valence-electron chi connectivity index (χ1n) is 14.7. The number of para-hydroxylation sites is 2. The Morgan fingerprint density at radius 2 is 1.30 bits per heavy atom. The number of rotatable bonds is 2. The molecule has 0 unspecified atom stereocenters. The highest BCUT2D eigenvalue weighted by Gasteiger charge is 2.36. The molecule has 3 nitrogen and oxygen atoms in total. The summed E-state index contributed by atoms with van der Waals surface area (Å²) in [5.74, 6) is 0. The Balaban J connectivity index is 1.46. The largest absolute Gasteiger partial charge is 0.456 e. The van der Waals surface area contributed by atoms with Crippen molar-refractivity contribution in [1.29, 1.82) is 0 Å². The van der Waals surface area contributed by atoms with Crippen molar-refractivity contribution in [3.05, 3.63) is 149 Å². The third-order valence-electron chi connectivity index (χ3n) is 9.40. The Labute approximate surface area is 248 Å². The zero-order chi connectivity index (χ0) is 28.9. The van der Waals surface area contributed by atoms with E-state index in [4.69, 9.17) is 4.42 Å². The first kappa shape index (κ1) is 24.2. The van der Waals surface area contributed by atoms with E-state index in [0.29, 0.717) is 21.9 Å². The average Bonchev–Trinajstić information content (AvgIpc) is 3.48. The lowest BCUT2D eigenvalue weighted by atomic mass is 9.82. The lowest BCUT2D eigenvalue weighted by Gasteiger charge is -2.22. The predicted octanol–water partition coefficient (Wildman–Crippen LogP) is 10.0. The second-order valence-electron chi connectivity index (χ2n) is 12.1. The summed E-state index contributed by atoms with van der Waals surface area (Å²) in [4.78, 5) is 14.2. The van der Waals surface area contributed by atoms with Gasteiger partial charge in [-0.05, 0) is 70.3 Å². The highest BCUT2D eigenvalue weighted by atomic mass is 16.3. The van der Waals surface area contributed by atoms with E-state index < -0.39 is 0 Å². The molecule has 9 rings (SSSR count). The summed E-state index contributed by atoms with van der Waals surface area (Å²) in [5, 5.41) is 3.57. The fourth-order valence-corrected chi connectivity index (χ4v) is 7.39. The fraction of sp³-hybridized carbons (Fsp3) is 0.0750. The minimum Gasteiger partial charge on any atom is -0.456 e. The molecule has 0 amide bonds. The van der Waals surface area contributed by atoms with E-state index in [1.54, 1.807) is 0 Å². The normalized spacial score (nSPS) is 13.6. The van der Waals surface area contributed by atoms with E-state index in [0.717, 1.165) is 27.8 Å². The third-order valence-corrected chi connectivity index (χ3v) is 9.40. The maximum atomic E-state index is 14.2. The highest BCUT2D eigenvalue weighted by molar-refractivity contribution is 6.13. The van der Waals surface area contributed by atoms with E-state index in [1.807, 2.05) is 48.5 Å². The molecule has 3 heteroatoms. The van der Waals surface area contributed by atoms with Crippen LogP contribution in [-0.4, -0.2) is 4.57 Å². The van der Waals surface area contributed by atoms with Crippen LogP contribution in [0.1, 0.15) is 25.0 Å². The van der Waals surface area contributed by atoms with Gasteiger partial charge in [0.25, 0.3) is 0 Å². The molecule has 1 aliphatic rings. The number of hydrogen-bond donors (Lipinski definition) is 0. The van der Waals surface area contributed by atoms with Crippen LogP contribution < -0.4 is 5.43 Å². The number of hydrogen-bond acceptors (Lipinski definition) is 2. The van der Waals surface area contributed by atoms with Gasteiger partial charge in [0, 0.05) is 21.8 Å². The minimum absolute atomic E-state index is 0.0178. The van der Waals surface area contributed by atoms with E-state index in [2.05, 4.69) is 97.3 Å². The molecule has 0 fully saturated rings. The first-order chi connectivity index (χ1) is 21.0. The highest BCUT2D eigenvalue weighted by Crippen LogP contribution is 2.51. The molecule has 0 spiro atoms. The second-order valence-corrected chi connectivity index (χ2v) is 12.1. The van der Waals surface area contributed by atoms with E-state index >= 15 is 0 Å². The summed E-state index contributed by atoms with van der Waals surface area (Å²) >= 11 is 0. The zero-order valence-corrected chi connectivity index (χ0v) is 23.9. The Bertz CT molecular complexity index is 2500. The van der Waals surface area contributed by atoms with Gasteiger partial charge in [-0.3, -0.25) is 4.79 Å². The molecule has 0 saturated carbocycles. The molecule has 1 aliphatic carbocycles. The molecule has 2 aromatic heterocycles. The predicted molar refractivity (Wildman–Crippen MR) is 177 cm³/mol. The maximum absolute atomic E-state index is 14.2. The average molecular weight is 554 g/mol. The lowest BCUT2D eigenvalue weighted by Crippen LogP contribution is -2.15. The van der Waals surface area contributed by atoms with Gasteiger partial charge >= 0.3 is 0 Å². The van der Waals surface area contributed by atoms with Crippen molar-refractivity contribution in [1.82, 2.24) is 4.57 Å². The van der Waals surface area contributed by atoms with Crippen LogP contribution in [0, 0.1) is 0 Å². The van der Waals surface area contributed by atoms with Crippen LogP contribution in [0.2, 0.25) is 0 Å². The summed E-state index contributed by atoms with van der Waals surface area (Å²) < 4.78 is 8.70. The van der Waals surface area contributed by atoms with Crippen molar-refractivity contribution < 1.29 is 4.42 Å². The van der Waals surface area contributed by atoms with E-state index in [1.165, 1.54) is 33.0 Å². The summed E-state index contributed by atoms with van der Waals surface area (Å²) in [6.07, 6.45) is 0. The minimum atomic E-state index is -0.132. The Hall–Kier alpha value is -5.41. The van der Waals surface area contributed by atoms with Gasteiger partial charge < -0.3 is 8.98 Å². The van der Waals surface area contributed by atoms with Crippen molar-refractivity contribution in [2.75, 3.05) is 0 Å². The SMILES string of the molecule is CC1(C)c2ccccc2-c2cc3c4ccccc4n(-c4ccc5oc6ccccc6c(=O)c5c4-c4ccccc4)c3cc21. The van der Waals surface area contributed by atoms with E-state index in [9.17, 15) is 4.79 Å². The van der Waals surface area contributed by atoms with Crippen molar-refractivity contribution in [2.45, 2.75) is 19.3 Å². The Morgan fingerprint density at radius 1 is 0.581 bits per heavy atom. The molecule has 43 heavy (non-hydrogen) atoms. The third kappa shape index (κ3) is 3.22. The van der Waals surface area contributed by atoms with Gasteiger partial charge in [0.15, 0.2) is 0 Å². The standard InChI is InChI=1S/C40H27NO2/c1-40(2)30-17-9-6-14-25(30)28-22-29-26-15-7-10-18-32(26)41(34(29)23-31(28)40)33-20-21-36-38(37(33)24-12-4-3-5-13-24)39(42)27-16-8-11-19-35(27)43-36/h3-23H,1-2H3. The number of fused-ring (bicyclic) bond motifs is 8. The second kappa shape index (κ2) is 8.56. The van der Waals surface area contributed by atoms with Gasteiger partial charge in [-0.2, -0.15) is 0 Å². The van der Waals surface area contributed by atoms with Crippen LogP contribution in [0.5, 0.6) is 0 Å². The monoisotopic (exact) mass is 553 g/mol. The summed E-state index contributed by atoms with van der Waals surface area (Å²) in [5.41, 5.74) is 11.4.